The molecule has 2 fully saturated rings. The van der Waals surface area contributed by atoms with Gasteiger partial charge in [-0.05, 0) is 49.2 Å². The molecule has 3 aromatic rings. The van der Waals surface area contributed by atoms with E-state index < -0.39 is 29.4 Å². The number of nitrogens with zero attached hydrogens (tertiary/aromatic N) is 3. The summed E-state index contributed by atoms with van der Waals surface area (Å²) in [6.07, 6.45) is 0.193. The maximum absolute atomic E-state index is 14.0. The zero-order valence-corrected chi connectivity index (χ0v) is 19.5. The molecule has 8 heteroatoms. The van der Waals surface area contributed by atoms with Gasteiger partial charge in [-0.15, -0.1) is 0 Å². The summed E-state index contributed by atoms with van der Waals surface area (Å²) in [5.41, 5.74) is 1.66. The van der Waals surface area contributed by atoms with Crippen molar-refractivity contribution in [3.05, 3.63) is 101 Å². The van der Waals surface area contributed by atoms with Crippen LogP contribution in [0, 0.1) is 11.6 Å². The van der Waals surface area contributed by atoms with E-state index >= 15 is 0 Å². The average molecular weight is 492 g/mol. The molecule has 1 atom stereocenters. The molecule has 184 valence electrons. The smallest absolute Gasteiger partial charge is 0.256 e. The number of piperidine rings is 1. The van der Waals surface area contributed by atoms with E-state index in [9.17, 15) is 22.8 Å². The summed E-state index contributed by atoms with van der Waals surface area (Å²) in [5.74, 6) is -2.80. The van der Waals surface area contributed by atoms with E-state index in [2.05, 4.69) is 4.90 Å². The zero-order chi connectivity index (χ0) is 25.0. The number of benzene rings is 3. The van der Waals surface area contributed by atoms with Crippen molar-refractivity contribution in [3.63, 3.8) is 0 Å². The van der Waals surface area contributed by atoms with Crippen LogP contribution in [0.2, 0.25) is 0 Å². The molecule has 2 amide bonds. The fourth-order valence-electron chi connectivity index (χ4n) is 5.84. The monoisotopic (exact) mass is 491 g/mol. The first-order valence-electron chi connectivity index (χ1n) is 12.1. The van der Waals surface area contributed by atoms with Crippen molar-refractivity contribution in [3.8, 4) is 0 Å². The van der Waals surface area contributed by atoms with Crippen LogP contribution < -0.4 is 4.90 Å². The number of amides is 2. The third-order valence-corrected chi connectivity index (χ3v) is 7.58. The Morgan fingerprint density at radius 3 is 2.31 bits per heavy atom. The van der Waals surface area contributed by atoms with E-state index in [0.717, 1.165) is 23.4 Å². The molecular weight excluding hydrogens is 467 g/mol. The molecule has 3 aliphatic rings. The molecule has 3 aliphatic heterocycles. The third kappa shape index (κ3) is 3.23. The molecule has 0 spiro atoms. The van der Waals surface area contributed by atoms with Gasteiger partial charge in [0.05, 0.1) is 0 Å². The lowest BCUT2D eigenvalue weighted by molar-refractivity contribution is 0.0375. The summed E-state index contributed by atoms with van der Waals surface area (Å²) >= 11 is 0. The van der Waals surface area contributed by atoms with Gasteiger partial charge in [-0.3, -0.25) is 9.59 Å². The summed E-state index contributed by atoms with van der Waals surface area (Å²) in [4.78, 5) is 32.6. The van der Waals surface area contributed by atoms with Gasteiger partial charge < -0.3 is 14.7 Å². The molecule has 0 N–H and O–H groups in total. The number of hydrogen-bond acceptors (Lipinski definition) is 3. The molecule has 0 saturated carbocycles. The number of halogens is 3. The summed E-state index contributed by atoms with van der Waals surface area (Å²) in [6, 6.07) is 18.0. The van der Waals surface area contributed by atoms with Crippen LogP contribution in [0.5, 0.6) is 0 Å². The van der Waals surface area contributed by atoms with Gasteiger partial charge in [0.25, 0.3) is 11.8 Å². The fourth-order valence-corrected chi connectivity index (χ4v) is 5.84. The van der Waals surface area contributed by atoms with Crippen molar-refractivity contribution in [1.82, 2.24) is 9.80 Å². The first kappa shape index (κ1) is 22.6. The van der Waals surface area contributed by atoms with Crippen LogP contribution in [0.15, 0.2) is 66.7 Å². The molecule has 6 rings (SSSR count). The van der Waals surface area contributed by atoms with Crippen LogP contribution >= 0.6 is 0 Å². The highest BCUT2D eigenvalue weighted by atomic mass is 19.2. The lowest BCUT2D eigenvalue weighted by Gasteiger charge is -2.41. The van der Waals surface area contributed by atoms with Crippen LogP contribution in [-0.4, -0.2) is 54.0 Å². The molecular formula is C28H24F3N3O2. The SMILES string of the molecule is O=C(c1ccc(F)c(F)c1)N1CCN2C(=O)c3ccccc3[C@@]12c1ccc(N2CCC(F)CC2)cc1. The minimum Gasteiger partial charge on any atom is -0.371 e. The summed E-state index contributed by atoms with van der Waals surface area (Å²) in [6.45, 7) is 1.79. The van der Waals surface area contributed by atoms with E-state index in [4.69, 9.17) is 0 Å². The highest BCUT2D eigenvalue weighted by Gasteiger charge is 2.59. The molecule has 0 aliphatic carbocycles. The van der Waals surface area contributed by atoms with Crippen molar-refractivity contribution < 1.29 is 22.8 Å². The van der Waals surface area contributed by atoms with Gasteiger partial charge in [-0.2, -0.15) is 0 Å². The van der Waals surface area contributed by atoms with E-state index in [1.807, 2.05) is 36.4 Å². The second-order valence-corrected chi connectivity index (χ2v) is 9.47. The molecule has 0 radical (unpaired) electrons. The normalized spacial score (nSPS) is 21.6. The van der Waals surface area contributed by atoms with Crippen molar-refractivity contribution in [2.75, 3.05) is 31.1 Å². The first-order valence-corrected chi connectivity index (χ1v) is 12.1. The number of fused-ring (bicyclic) bond motifs is 3. The minimum absolute atomic E-state index is 0.0117. The summed E-state index contributed by atoms with van der Waals surface area (Å²) in [7, 11) is 0. The Labute approximate surface area is 206 Å². The van der Waals surface area contributed by atoms with E-state index in [0.29, 0.717) is 43.6 Å². The Morgan fingerprint density at radius 1 is 0.861 bits per heavy atom. The average Bonchev–Trinajstić information content (AvgIpc) is 3.41. The van der Waals surface area contributed by atoms with Gasteiger partial charge in [-0.1, -0.05) is 30.3 Å². The predicted octanol–water partition coefficient (Wildman–Crippen LogP) is 4.72. The number of rotatable bonds is 3. The quantitative estimate of drug-likeness (QED) is 0.533. The molecule has 0 unspecified atom stereocenters. The highest BCUT2D eigenvalue weighted by Crippen LogP contribution is 2.50. The molecule has 3 aromatic carbocycles. The van der Waals surface area contributed by atoms with Gasteiger partial charge in [0.2, 0.25) is 0 Å². The topological polar surface area (TPSA) is 43.9 Å². The summed E-state index contributed by atoms with van der Waals surface area (Å²) in [5, 5.41) is 0. The van der Waals surface area contributed by atoms with E-state index in [-0.39, 0.29) is 18.0 Å². The Balaban J connectivity index is 1.46. The molecule has 36 heavy (non-hydrogen) atoms. The van der Waals surface area contributed by atoms with Gasteiger partial charge in [0.15, 0.2) is 17.3 Å². The second kappa shape index (κ2) is 8.40. The lowest BCUT2D eigenvalue weighted by atomic mass is 9.89. The van der Waals surface area contributed by atoms with Crippen LogP contribution in [0.1, 0.15) is 44.7 Å². The van der Waals surface area contributed by atoms with Crippen LogP contribution in [0.3, 0.4) is 0 Å². The third-order valence-electron chi connectivity index (χ3n) is 7.58. The minimum atomic E-state index is -1.21. The zero-order valence-electron chi connectivity index (χ0n) is 19.5. The van der Waals surface area contributed by atoms with Crippen molar-refractivity contribution in [2.24, 2.45) is 0 Å². The standard InChI is InChI=1S/C28H24F3N3O2/c29-20-11-13-32(14-12-20)21-8-6-19(7-9-21)28-23-4-2-1-3-22(23)27(36)34(28)16-15-33(28)26(35)18-5-10-24(30)25(31)17-18/h1-10,17,20H,11-16H2/t28-/m0/s1. The van der Waals surface area contributed by atoms with Crippen LogP contribution in [0.4, 0.5) is 18.9 Å². The van der Waals surface area contributed by atoms with Crippen molar-refractivity contribution in [2.45, 2.75) is 24.7 Å². The van der Waals surface area contributed by atoms with Crippen molar-refractivity contribution >= 4 is 17.5 Å². The number of carbonyl (C=O) groups excluding carboxylic acids is 2. The number of alkyl halides is 1. The fraction of sp³-hybridized carbons (Fsp3) is 0.286. The van der Waals surface area contributed by atoms with Gasteiger partial charge in [0, 0.05) is 54.1 Å². The number of anilines is 1. The highest BCUT2D eigenvalue weighted by molar-refractivity contribution is 6.03. The Morgan fingerprint density at radius 2 is 1.58 bits per heavy atom. The predicted molar refractivity (Wildman–Crippen MR) is 128 cm³/mol. The number of carbonyl (C=O) groups is 2. The maximum Gasteiger partial charge on any atom is 0.256 e. The van der Waals surface area contributed by atoms with Gasteiger partial charge in [0.1, 0.15) is 6.17 Å². The van der Waals surface area contributed by atoms with Gasteiger partial charge >= 0.3 is 0 Å². The molecule has 5 nitrogen and oxygen atoms in total. The lowest BCUT2D eigenvalue weighted by Crippen LogP contribution is -2.51. The summed E-state index contributed by atoms with van der Waals surface area (Å²) < 4.78 is 41.2. The van der Waals surface area contributed by atoms with Crippen molar-refractivity contribution in [1.29, 1.82) is 0 Å². The first-order chi connectivity index (χ1) is 17.4. The largest absolute Gasteiger partial charge is 0.371 e. The van der Waals surface area contributed by atoms with Crippen LogP contribution in [0.25, 0.3) is 0 Å². The maximum atomic E-state index is 14.0. The molecule has 3 heterocycles. The molecule has 2 saturated heterocycles. The van der Waals surface area contributed by atoms with Crippen LogP contribution in [-0.2, 0) is 5.66 Å². The van der Waals surface area contributed by atoms with E-state index in [1.54, 1.807) is 21.9 Å². The van der Waals surface area contributed by atoms with Gasteiger partial charge in [-0.25, -0.2) is 13.2 Å². The molecule has 0 aromatic heterocycles. The second-order valence-electron chi connectivity index (χ2n) is 9.47. The molecule has 0 bridgehead atoms. The van der Waals surface area contributed by atoms with E-state index in [1.165, 1.54) is 6.07 Å². The number of hydrogen-bond donors (Lipinski definition) is 0. The Kier molecular flexibility index (Phi) is 5.28. The Bertz CT molecular complexity index is 1350. The Hall–Kier alpha value is -3.81.